The Morgan fingerprint density at radius 3 is 2.72 bits per heavy atom. The number of aromatic nitrogens is 5. The molecule has 3 N–H and O–H groups in total. The number of nitrogen functional groups attached to an aromatic ring is 1. The van der Waals surface area contributed by atoms with Gasteiger partial charge in [0.05, 0.1) is 5.75 Å². The van der Waals surface area contributed by atoms with Gasteiger partial charge in [0.15, 0.2) is 11.5 Å². The topological polar surface area (TPSA) is 134 Å². The monoisotopic (exact) mass is 449 g/mol. The molecular formula is C21H19N7O3S. The van der Waals surface area contributed by atoms with Gasteiger partial charge in [-0.25, -0.2) is 0 Å². The van der Waals surface area contributed by atoms with Crippen molar-refractivity contribution in [3.63, 3.8) is 0 Å². The molecule has 10 nitrogen and oxygen atoms in total. The van der Waals surface area contributed by atoms with E-state index in [1.807, 2.05) is 55.5 Å². The minimum Gasteiger partial charge on any atom is -0.485 e. The van der Waals surface area contributed by atoms with E-state index in [2.05, 4.69) is 30.5 Å². The number of para-hydroxylation sites is 3. The van der Waals surface area contributed by atoms with Crippen LogP contribution in [0.15, 0.2) is 58.2 Å². The summed E-state index contributed by atoms with van der Waals surface area (Å²) in [4.78, 5) is 12.8. The zero-order valence-corrected chi connectivity index (χ0v) is 17.9. The highest BCUT2D eigenvalue weighted by atomic mass is 32.2. The fourth-order valence-corrected chi connectivity index (χ4v) is 3.69. The van der Waals surface area contributed by atoms with E-state index in [0.717, 1.165) is 11.3 Å². The number of thioether (sulfide) groups is 1. The lowest BCUT2D eigenvalue weighted by atomic mass is 10.2. The molecule has 0 aliphatic carbocycles. The van der Waals surface area contributed by atoms with Crippen molar-refractivity contribution in [1.82, 2.24) is 25.1 Å². The van der Waals surface area contributed by atoms with E-state index in [4.69, 9.17) is 19.6 Å². The fourth-order valence-electron chi connectivity index (χ4n) is 3.07. The molecule has 1 unspecified atom stereocenters. The van der Waals surface area contributed by atoms with E-state index in [1.165, 1.54) is 11.8 Å². The van der Waals surface area contributed by atoms with Crippen LogP contribution in [0.4, 0.5) is 17.6 Å². The summed E-state index contributed by atoms with van der Waals surface area (Å²) in [6, 6.07) is 15.3. The van der Waals surface area contributed by atoms with Gasteiger partial charge in [0.25, 0.3) is 11.1 Å². The van der Waals surface area contributed by atoms with E-state index in [0.29, 0.717) is 46.7 Å². The summed E-state index contributed by atoms with van der Waals surface area (Å²) in [6.45, 7) is 2.29. The van der Waals surface area contributed by atoms with Gasteiger partial charge < -0.3 is 24.9 Å². The van der Waals surface area contributed by atoms with Crippen LogP contribution < -0.4 is 20.5 Å². The first-order valence-corrected chi connectivity index (χ1v) is 10.8. The third-order valence-electron chi connectivity index (χ3n) is 4.62. The Morgan fingerprint density at radius 1 is 1.03 bits per heavy atom. The lowest BCUT2D eigenvalue weighted by molar-refractivity contribution is 0.0686. The maximum absolute atomic E-state index is 5.90. The molecule has 3 heterocycles. The third-order valence-corrected chi connectivity index (χ3v) is 5.44. The van der Waals surface area contributed by atoms with Gasteiger partial charge in [-0.2, -0.15) is 15.0 Å². The molecule has 2 aromatic heterocycles. The van der Waals surface area contributed by atoms with Gasteiger partial charge in [0, 0.05) is 5.69 Å². The zero-order chi connectivity index (χ0) is 21.9. The lowest BCUT2D eigenvalue weighted by Crippen LogP contribution is -2.21. The number of rotatable bonds is 6. The number of nitrogens with zero attached hydrogens (tertiary/aromatic N) is 5. The molecule has 11 heteroatoms. The summed E-state index contributed by atoms with van der Waals surface area (Å²) >= 11 is 1.30. The van der Waals surface area contributed by atoms with Crippen LogP contribution in [-0.4, -0.2) is 31.8 Å². The Labute approximate surface area is 187 Å². The molecule has 0 saturated heterocycles. The second-order valence-corrected chi connectivity index (χ2v) is 7.86. The van der Waals surface area contributed by atoms with Gasteiger partial charge in [0.1, 0.15) is 12.4 Å². The summed E-state index contributed by atoms with van der Waals surface area (Å²) in [7, 11) is 0. The number of benzene rings is 2. The molecule has 0 bridgehead atoms. The molecule has 0 radical (unpaired) electrons. The lowest BCUT2D eigenvalue weighted by Gasteiger charge is -2.23. The van der Waals surface area contributed by atoms with Crippen LogP contribution >= 0.6 is 11.8 Å². The number of nitrogens with two attached hydrogens (primary N) is 1. The van der Waals surface area contributed by atoms with Crippen molar-refractivity contribution in [2.75, 3.05) is 17.7 Å². The van der Waals surface area contributed by atoms with E-state index in [9.17, 15) is 0 Å². The summed E-state index contributed by atoms with van der Waals surface area (Å²) in [6.07, 6.45) is -0.468. The Kier molecular flexibility index (Phi) is 5.46. The number of ether oxygens (including phenoxy) is 2. The second-order valence-electron chi connectivity index (χ2n) is 6.93. The van der Waals surface area contributed by atoms with Crippen molar-refractivity contribution < 1.29 is 13.9 Å². The number of aryl methyl sites for hydroxylation is 1. The molecule has 1 aliphatic rings. The average Bonchev–Trinajstić information content (AvgIpc) is 3.28. The predicted octanol–water partition coefficient (Wildman–Crippen LogP) is 3.69. The van der Waals surface area contributed by atoms with Gasteiger partial charge in [0.2, 0.25) is 18.0 Å². The van der Waals surface area contributed by atoms with E-state index in [-0.39, 0.29) is 5.95 Å². The van der Waals surface area contributed by atoms with E-state index >= 15 is 0 Å². The Morgan fingerprint density at radius 2 is 1.84 bits per heavy atom. The number of fused-ring (bicyclic) bond motifs is 1. The van der Waals surface area contributed by atoms with Crippen LogP contribution in [0, 0.1) is 6.92 Å². The molecule has 162 valence electrons. The number of nitrogens with one attached hydrogen (secondary N) is 1. The Hall–Kier alpha value is -3.86. The van der Waals surface area contributed by atoms with Crippen LogP contribution in [0.3, 0.4) is 0 Å². The minimum absolute atomic E-state index is 0.129. The smallest absolute Gasteiger partial charge is 0.277 e. The highest BCUT2D eigenvalue weighted by Crippen LogP contribution is 2.36. The molecule has 0 amide bonds. The van der Waals surface area contributed by atoms with Gasteiger partial charge >= 0.3 is 0 Å². The van der Waals surface area contributed by atoms with Crippen molar-refractivity contribution in [3.05, 3.63) is 65.8 Å². The SMILES string of the molecule is Cc1ccccc1Nc1nc(N)nc(CSc2nnc(C3COc4ccccc4O3)o2)n1. The Balaban J connectivity index is 1.24. The third kappa shape index (κ3) is 4.42. The number of anilines is 3. The second kappa shape index (κ2) is 8.71. The quantitative estimate of drug-likeness (QED) is 0.417. The van der Waals surface area contributed by atoms with Crippen LogP contribution in [0.1, 0.15) is 23.4 Å². The maximum Gasteiger partial charge on any atom is 0.277 e. The summed E-state index contributed by atoms with van der Waals surface area (Å²) in [5.74, 6) is 3.06. The Bertz CT molecular complexity index is 1250. The van der Waals surface area contributed by atoms with Crippen LogP contribution in [0.5, 0.6) is 11.5 Å². The number of hydrogen-bond donors (Lipinski definition) is 2. The highest BCUT2D eigenvalue weighted by Gasteiger charge is 2.27. The normalized spacial score (nSPS) is 14.8. The standard InChI is InChI=1S/C21H19N7O3S/c1-12-6-2-3-7-13(12)23-20-25-17(24-19(22)26-20)11-32-21-28-27-18(31-21)16-10-29-14-8-4-5-9-15(14)30-16/h2-9,16H,10-11H2,1H3,(H3,22,23,24,25,26). The minimum atomic E-state index is -0.468. The maximum atomic E-state index is 5.90. The summed E-state index contributed by atoms with van der Waals surface area (Å²) < 4.78 is 17.4. The fraction of sp³-hybridized carbons (Fsp3) is 0.190. The molecule has 1 atom stereocenters. The van der Waals surface area contributed by atoms with Crippen molar-refractivity contribution in [1.29, 1.82) is 0 Å². The van der Waals surface area contributed by atoms with E-state index < -0.39 is 6.10 Å². The summed E-state index contributed by atoms with van der Waals surface area (Å²) in [5, 5.41) is 11.7. The zero-order valence-electron chi connectivity index (χ0n) is 17.1. The molecule has 0 saturated carbocycles. The molecule has 0 spiro atoms. The first-order chi connectivity index (χ1) is 15.6. The van der Waals surface area contributed by atoms with Gasteiger partial charge in [-0.05, 0) is 30.7 Å². The van der Waals surface area contributed by atoms with Crippen LogP contribution in [-0.2, 0) is 5.75 Å². The van der Waals surface area contributed by atoms with Crippen molar-refractivity contribution >= 4 is 29.3 Å². The average molecular weight is 449 g/mol. The summed E-state index contributed by atoms with van der Waals surface area (Å²) in [5.41, 5.74) is 7.83. The first kappa shape index (κ1) is 20.1. The largest absolute Gasteiger partial charge is 0.485 e. The molecule has 2 aromatic carbocycles. The van der Waals surface area contributed by atoms with Gasteiger partial charge in [-0.1, -0.05) is 42.1 Å². The van der Waals surface area contributed by atoms with Crippen LogP contribution in [0.2, 0.25) is 0 Å². The molecule has 32 heavy (non-hydrogen) atoms. The molecule has 1 aliphatic heterocycles. The first-order valence-electron chi connectivity index (χ1n) is 9.82. The van der Waals surface area contributed by atoms with Crippen molar-refractivity contribution in [2.45, 2.75) is 24.0 Å². The highest BCUT2D eigenvalue weighted by molar-refractivity contribution is 7.98. The molecular weight excluding hydrogens is 430 g/mol. The molecule has 0 fully saturated rings. The van der Waals surface area contributed by atoms with Crippen molar-refractivity contribution in [3.8, 4) is 11.5 Å². The van der Waals surface area contributed by atoms with Gasteiger partial charge in [-0.15, -0.1) is 10.2 Å². The van der Waals surface area contributed by atoms with Crippen LogP contribution in [0.25, 0.3) is 0 Å². The predicted molar refractivity (Wildman–Crippen MR) is 118 cm³/mol. The van der Waals surface area contributed by atoms with E-state index in [1.54, 1.807) is 0 Å². The molecule has 4 aromatic rings. The van der Waals surface area contributed by atoms with Crippen molar-refractivity contribution in [2.24, 2.45) is 0 Å². The number of hydrogen-bond acceptors (Lipinski definition) is 11. The molecule has 5 rings (SSSR count). The van der Waals surface area contributed by atoms with Gasteiger partial charge in [-0.3, -0.25) is 0 Å².